The number of nitrogens with two attached hydrogens (primary N) is 1. The summed E-state index contributed by atoms with van der Waals surface area (Å²) in [6, 6.07) is 3.61. The molecule has 2 heteroatoms. The van der Waals surface area contributed by atoms with E-state index in [1.807, 2.05) is 32.9 Å². The quantitative estimate of drug-likeness (QED) is 0.728. The molecule has 0 radical (unpaired) electrons. The Morgan fingerprint density at radius 1 is 1.21 bits per heavy atom. The first kappa shape index (κ1) is 10.9. The van der Waals surface area contributed by atoms with Crippen molar-refractivity contribution in [3.63, 3.8) is 0 Å². The van der Waals surface area contributed by atoms with Crippen molar-refractivity contribution in [3.8, 4) is 0 Å². The molecule has 0 aliphatic carbocycles. The van der Waals surface area contributed by atoms with E-state index in [1.165, 1.54) is 5.56 Å². The van der Waals surface area contributed by atoms with Crippen molar-refractivity contribution in [1.29, 1.82) is 0 Å². The van der Waals surface area contributed by atoms with Gasteiger partial charge in [-0.15, -0.1) is 0 Å². The van der Waals surface area contributed by atoms with Crippen LogP contribution in [0.25, 0.3) is 0 Å². The van der Waals surface area contributed by atoms with E-state index in [2.05, 4.69) is 0 Å². The minimum atomic E-state index is -0.421. The van der Waals surface area contributed by atoms with Gasteiger partial charge in [-0.1, -0.05) is 17.7 Å². The second-order valence-electron chi connectivity index (χ2n) is 3.93. The van der Waals surface area contributed by atoms with Crippen molar-refractivity contribution >= 4 is 5.78 Å². The summed E-state index contributed by atoms with van der Waals surface area (Å²) < 4.78 is 0. The maximum Gasteiger partial charge on any atom is 0.179 e. The molecule has 2 N–H and O–H groups in total. The predicted octanol–water partition coefficient (Wildman–Crippen LogP) is 2.14. The van der Waals surface area contributed by atoms with Crippen molar-refractivity contribution in [1.82, 2.24) is 0 Å². The van der Waals surface area contributed by atoms with Crippen molar-refractivity contribution in [3.05, 3.63) is 34.4 Å². The lowest BCUT2D eigenvalue weighted by Crippen LogP contribution is -2.28. The Hall–Kier alpha value is -1.15. The van der Waals surface area contributed by atoms with Gasteiger partial charge in [-0.25, -0.2) is 0 Å². The third-order valence-corrected chi connectivity index (χ3v) is 2.34. The van der Waals surface area contributed by atoms with E-state index in [4.69, 9.17) is 5.73 Å². The van der Waals surface area contributed by atoms with E-state index in [0.29, 0.717) is 0 Å². The van der Waals surface area contributed by atoms with Gasteiger partial charge in [0.2, 0.25) is 0 Å². The van der Waals surface area contributed by atoms with Gasteiger partial charge in [-0.05, 0) is 38.8 Å². The summed E-state index contributed by atoms with van der Waals surface area (Å²) >= 11 is 0. The first-order valence-corrected chi connectivity index (χ1v) is 4.81. The van der Waals surface area contributed by atoms with Crippen molar-refractivity contribution < 1.29 is 4.79 Å². The molecule has 0 saturated carbocycles. The highest BCUT2D eigenvalue weighted by Gasteiger charge is 2.15. The number of rotatable bonds is 2. The molecule has 0 aromatic heterocycles. The van der Waals surface area contributed by atoms with Crippen LogP contribution in [0.1, 0.15) is 34.0 Å². The fourth-order valence-electron chi connectivity index (χ4n) is 1.80. The zero-order valence-corrected chi connectivity index (χ0v) is 9.22. The molecule has 1 atom stereocenters. The minimum absolute atomic E-state index is 0.0278. The van der Waals surface area contributed by atoms with Gasteiger partial charge in [0.05, 0.1) is 6.04 Å². The van der Waals surface area contributed by atoms with Gasteiger partial charge in [0.25, 0.3) is 0 Å². The molecule has 0 amide bonds. The molecule has 0 saturated heterocycles. The minimum Gasteiger partial charge on any atom is -0.321 e. The second kappa shape index (κ2) is 3.93. The van der Waals surface area contributed by atoms with Crippen molar-refractivity contribution in [2.24, 2.45) is 5.73 Å². The first-order valence-electron chi connectivity index (χ1n) is 4.81. The van der Waals surface area contributed by atoms with E-state index in [-0.39, 0.29) is 5.78 Å². The maximum absolute atomic E-state index is 11.8. The number of carbonyl (C=O) groups is 1. The highest BCUT2D eigenvalue weighted by atomic mass is 16.1. The van der Waals surface area contributed by atoms with E-state index >= 15 is 0 Å². The van der Waals surface area contributed by atoms with Crippen molar-refractivity contribution in [2.45, 2.75) is 33.7 Å². The average molecular weight is 191 g/mol. The van der Waals surface area contributed by atoms with E-state index in [0.717, 1.165) is 16.7 Å². The fraction of sp³-hybridized carbons (Fsp3) is 0.417. The Morgan fingerprint density at radius 3 is 2.00 bits per heavy atom. The lowest BCUT2D eigenvalue weighted by Gasteiger charge is -2.12. The highest BCUT2D eigenvalue weighted by Crippen LogP contribution is 2.17. The smallest absolute Gasteiger partial charge is 0.179 e. The molecule has 0 aliphatic heterocycles. The van der Waals surface area contributed by atoms with Crippen LogP contribution in [-0.4, -0.2) is 11.8 Å². The second-order valence-corrected chi connectivity index (χ2v) is 3.93. The van der Waals surface area contributed by atoms with Gasteiger partial charge < -0.3 is 5.73 Å². The Morgan fingerprint density at radius 2 is 1.64 bits per heavy atom. The largest absolute Gasteiger partial charge is 0.321 e. The lowest BCUT2D eigenvalue weighted by molar-refractivity contribution is 0.0967. The predicted molar refractivity (Wildman–Crippen MR) is 58.6 cm³/mol. The monoisotopic (exact) mass is 191 g/mol. The lowest BCUT2D eigenvalue weighted by atomic mass is 9.94. The van der Waals surface area contributed by atoms with E-state index < -0.39 is 6.04 Å². The van der Waals surface area contributed by atoms with Crippen LogP contribution in [0.5, 0.6) is 0 Å². The highest BCUT2D eigenvalue weighted by molar-refractivity contribution is 6.02. The van der Waals surface area contributed by atoms with Gasteiger partial charge in [-0.2, -0.15) is 0 Å². The summed E-state index contributed by atoms with van der Waals surface area (Å²) in [5.41, 5.74) is 9.60. The Bertz CT molecular complexity index is 344. The molecule has 1 rings (SSSR count). The fourth-order valence-corrected chi connectivity index (χ4v) is 1.80. The third kappa shape index (κ3) is 2.02. The zero-order chi connectivity index (χ0) is 10.9. The SMILES string of the molecule is Cc1cc(C)c(C(=O)[C@H](C)N)c(C)c1. The van der Waals surface area contributed by atoms with Gasteiger partial charge >= 0.3 is 0 Å². The topological polar surface area (TPSA) is 43.1 Å². The third-order valence-electron chi connectivity index (χ3n) is 2.34. The number of aryl methyl sites for hydroxylation is 3. The van der Waals surface area contributed by atoms with Gasteiger partial charge in [0, 0.05) is 5.56 Å². The maximum atomic E-state index is 11.8. The van der Waals surface area contributed by atoms with Gasteiger partial charge in [0.1, 0.15) is 0 Å². The molecular weight excluding hydrogens is 174 g/mol. The molecule has 76 valence electrons. The molecule has 0 unspecified atom stereocenters. The van der Waals surface area contributed by atoms with Crippen molar-refractivity contribution in [2.75, 3.05) is 0 Å². The molecule has 14 heavy (non-hydrogen) atoms. The van der Waals surface area contributed by atoms with Crippen LogP contribution in [0.4, 0.5) is 0 Å². The average Bonchev–Trinajstić information content (AvgIpc) is 2.01. The number of Topliss-reactive ketones (excluding diaryl/α,β-unsaturated/α-hetero) is 1. The summed E-state index contributed by atoms with van der Waals surface area (Å²) in [6.07, 6.45) is 0. The number of hydrogen-bond acceptors (Lipinski definition) is 2. The molecule has 0 bridgehead atoms. The van der Waals surface area contributed by atoms with E-state index in [9.17, 15) is 4.79 Å². The van der Waals surface area contributed by atoms with Gasteiger partial charge in [0.15, 0.2) is 5.78 Å². The van der Waals surface area contributed by atoms with Crippen LogP contribution in [0.2, 0.25) is 0 Å². The Balaban J connectivity index is 3.28. The molecule has 0 heterocycles. The standard InChI is InChI=1S/C12H17NO/c1-7-5-8(2)11(9(3)6-7)12(14)10(4)13/h5-6,10H,13H2,1-4H3/t10-/m0/s1. The molecular formula is C12H17NO. The molecule has 0 spiro atoms. The van der Waals surface area contributed by atoms with Crippen LogP contribution >= 0.6 is 0 Å². The molecule has 1 aromatic carbocycles. The molecule has 1 aromatic rings. The Kier molecular flexibility index (Phi) is 3.06. The summed E-state index contributed by atoms with van der Waals surface area (Å²) in [6.45, 7) is 7.66. The van der Waals surface area contributed by atoms with E-state index in [1.54, 1.807) is 6.92 Å². The molecule has 0 aliphatic rings. The Labute approximate surface area is 85.1 Å². The zero-order valence-electron chi connectivity index (χ0n) is 9.22. The summed E-state index contributed by atoms with van der Waals surface area (Å²) in [7, 11) is 0. The summed E-state index contributed by atoms with van der Waals surface area (Å²) in [4.78, 5) is 11.8. The molecule has 0 fully saturated rings. The number of ketones is 1. The van der Waals surface area contributed by atoms with Crippen LogP contribution in [-0.2, 0) is 0 Å². The van der Waals surface area contributed by atoms with Crippen LogP contribution in [0.15, 0.2) is 12.1 Å². The van der Waals surface area contributed by atoms with Crippen LogP contribution in [0.3, 0.4) is 0 Å². The van der Waals surface area contributed by atoms with Gasteiger partial charge in [-0.3, -0.25) is 4.79 Å². The number of carbonyl (C=O) groups excluding carboxylic acids is 1. The van der Waals surface area contributed by atoms with Crippen LogP contribution < -0.4 is 5.73 Å². The number of benzene rings is 1. The molecule has 2 nitrogen and oxygen atoms in total. The summed E-state index contributed by atoms with van der Waals surface area (Å²) in [5.74, 6) is 0.0278. The number of hydrogen-bond donors (Lipinski definition) is 1. The summed E-state index contributed by atoms with van der Waals surface area (Å²) in [5, 5.41) is 0. The normalized spacial score (nSPS) is 12.6. The first-order chi connectivity index (χ1) is 6.43. The van der Waals surface area contributed by atoms with Crippen LogP contribution in [0, 0.1) is 20.8 Å².